The summed E-state index contributed by atoms with van der Waals surface area (Å²) in [4.78, 5) is 46.4. The molecular weight excluding hydrogens is 556 g/mol. The Morgan fingerprint density at radius 2 is 1.66 bits per heavy atom. The minimum atomic E-state index is -1.06. The standard InChI is InChI=1S/C35H48N4O5/c1-4-34-20-21-35(44-34)29(28(34)31(41)36-24-25-14-10-9-11-15-25)33(43)39(22-12-7-8-13-23-40)30(35)32(42)37-26-16-18-27(19-17-26)38(5-2)6-3/h9-11,14-19,28-30,40H,4-8,12-13,20-24H2,1-3H3,(H,36,41)(H,37,42)/t28-,29+,30?,34+,35?/m1/s1. The van der Waals surface area contributed by atoms with Crippen molar-refractivity contribution in [3.05, 3.63) is 60.2 Å². The minimum absolute atomic E-state index is 0.138. The molecular formula is C35H48N4O5. The summed E-state index contributed by atoms with van der Waals surface area (Å²) in [5.41, 5.74) is 0.892. The summed E-state index contributed by atoms with van der Waals surface area (Å²) < 4.78 is 6.88. The fourth-order valence-electron chi connectivity index (χ4n) is 7.85. The summed E-state index contributed by atoms with van der Waals surface area (Å²) in [6.45, 7) is 8.92. The molecule has 3 amide bonds. The number of aliphatic hydroxyl groups is 1. The van der Waals surface area contributed by atoms with Crippen LogP contribution in [-0.2, 0) is 25.7 Å². The molecule has 9 nitrogen and oxygen atoms in total. The first kappa shape index (κ1) is 32.0. The number of rotatable bonds is 15. The SMILES string of the molecule is CCN(CC)c1ccc(NC(=O)C2N(CCCCCCO)C(=O)[C@@H]3[C@H](C(=O)NCc4ccccc4)[C@]4(CC)CCC23O4)cc1. The fraction of sp³-hybridized carbons (Fsp3) is 0.571. The van der Waals surface area contributed by atoms with Gasteiger partial charge in [-0.1, -0.05) is 50.1 Å². The van der Waals surface area contributed by atoms with Crippen LogP contribution in [0.25, 0.3) is 0 Å². The molecule has 0 aromatic heterocycles. The molecule has 3 N–H and O–H groups in total. The molecule has 5 rings (SSSR count). The molecule has 2 unspecified atom stereocenters. The van der Waals surface area contributed by atoms with Crippen LogP contribution >= 0.6 is 0 Å². The number of hydrogen-bond acceptors (Lipinski definition) is 6. The van der Waals surface area contributed by atoms with Crippen molar-refractivity contribution >= 4 is 29.1 Å². The number of hydrogen-bond donors (Lipinski definition) is 3. The van der Waals surface area contributed by atoms with E-state index in [0.717, 1.165) is 37.2 Å². The Morgan fingerprint density at radius 3 is 2.32 bits per heavy atom. The molecule has 3 aliphatic heterocycles. The lowest BCUT2D eigenvalue weighted by Crippen LogP contribution is -2.53. The summed E-state index contributed by atoms with van der Waals surface area (Å²) >= 11 is 0. The highest BCUT2D eigenvalue weighted by Gasteiger charge is 2.78. The molecule has 9 heteroatoms. The van der Waals surface area contributed by atoms with Gasteiger partial charge >= 0.3 is 0 Å². The van der Waals surface area contributed by atoms with Gasteiger partial charge in [-0.3, -0.25) is 14.4 Å². The highest BCUT2D eigenvalue weighted by molar-refractivity contribution is 6.03. The molecule has 1 spiro atoms. The third kappa shape index (κ3) is 5.84. The van der Waals surface area contributed by atoms with Crippen molar-refractivity contribution in [1.82, 2.24) is 10.2 Å². The largest absolute Gasteiger partial charge is 0.396 e. The highest BCUT2D eigenvalue weighted by Crippen LogP contribution is 2.64. The topological polar surface area (TPSA) is 111 Å². The van der Waals surface area contributed by atoms with Gasteiger partial charge in [0.1, 0.15) is 11.6 Å². The number of nitrogens with zero attached hydrogens (tertiary/aromatic N) is 2. The number of anilines is 2. The summed E-state index contributed by atoms with van der Waals surface area (Å²) in [6.07, 6.45) is 4.88. The molecule has 3 saturated heterocycles. The average Bonchev–Trinajstić information content (AvgIpc) is 3.65. The van der Waals surface area contributed by atoms with Gasteiger partial charge in [0.2, 0.25) is 17.7 Å². The molecule has 0 aliphatic carbocycles. The van der Waals surface area contributed by atoms with Crippen molar-refractivity contribution in [2.24, 2.45) is 11.8 Å². The van der Waals surface area contributed by atoms with Crippen LogP contribution in [0.2, 0.25) is 0 Å². The van der Waals surface area contributed by atoms with Crippen molar-refractivity contribution in [2.75, 3.05) is 36.5 Å². The van der Waals surface area contributed by atoms with E-state index in [1.807, 2.05) is 61.5 Å². The molecule has 3 fully saturated rings. The second kappa shape index (κ2) is 13.7. The van der Waals surface area contributed by atoms with E-state index in [-0.39, 0.29) is 24.3 Å². The Balaban J connectivity index is 1.42. The molecule has 0 radical (unpaired) electrons. The smallest absolute Gasteiger partial charge is 0.250 e. The van der Waals surface area contributed by atoms with Crippen LogP contribution in [0.4, 0.5) is 11.4 Å². The molecule has 2 bridgehead atoms. The fourth-order valence-corrected chi connectivity index (χ4v) is 7.85. The number of benzene rings is 2. The van der Waals surface area contributed by atoms with E-state index < -0.39 is 29.1 Å². The van der Waals surface area contributed by atoms with Gasteiger partial charge in [0.25, 0.3) is 0 Å². The third-order valence-electron chi connectivity index (χ3n) is 10.1. The van der Waals surface area contributed by atoms with Crippen molar-refractivity contribution in [2.45, 2.75) is 89.5 Å². The normalized spacial score (nSPS) is 27.0. The van der Waals surface area contributed by atoms with Gasteiger partial charge in [-0.2, -0.15) is 0 Å². The lowest BCUT2D eigenvalue weighted by molar-refractivity contribution is -0.146. The van der Waals surface area contributed by atoms with E-state index in [1.165, 1.54) is 0 Å². The number of fused-ring (bicyclic) bond motifs is 1. The summed E-state index contributed by atoms with van der Waals surface area (Å²) in [6, 6.07) is 16.7. The van der Waals surface area contributed by atoms with Gasteiger partial charge in [-0.05, 0) is 75.8 Å². The van der Waals surface area contributed by atoms with E-state index in [0.29, 0.717) is 50.9 Å². The zero-order valence-electron chi connectivity index (χ0n) is 26.4. The second-order valence-corrected chi connectivity index (χ2v) is 12.4. The number of likely N-dealkylation sites (tertiary alicyclic amines) is 1. The zero-order valence-corrected chi connectivity index (χ0v) is 26.4. The number of unbranched alkanes of at least 4 members (excludes halogenated alkanes) is 3. The van der Waals surface area contributed by atoms with Crippen molar-refractivity contribution < 1.29 is 24.2 Å². The first-order valence-electron chi connectivity index (χ1n) is 16.4. The van der Waals surface area contributed by atoms with Crippen LogP contribution in [0.5, 0.6) is 0 Å². The quantitative estimate of drug-likeness (QED) is 0.258. The van der Waals surface area contributed by atoms with E-state index >= 15 is 0 Å². The molecule has 2 aromatic rings. The summed E-state index contributed by atoms with van der Waals surface area (Å²) in [7, 11) is 0. The van der Waals surface area contributed by atoms with Gasteiger partial charge in [0, 0.05) is 44.2 Å². The molecule has 5 atom stereocenters. The van der Waals surface area contributed by atoms with E-state index in [4.69, 9.17) is 4.74 Å². The molecule has 2 aromatic carbocycles. The van der Waals surface area contributed by atoms with Crippen LogP contribution in [0.15, 0.2) is 54.6 Å². The van der Waals surface area contributed by atoms with Gasteiger partial charge < -0.3 is 30.3 Å². The van der Waals surface area contributed by atoms with Crippen molar-refractivity contribution in [1.29, 1.82) is 0 Å². The maximum Gasteiger partial charge on any atom is 0.250 e. The van der Waals surface area contributed by atoms with Crippen LogP contribution in [0.1, 0.15) is 71.3 Å². The first-order valence-corrected chi connectivity index (χ1v) is 16.4. The Labute approximate surface area is 261 Å². The van der Waals surface area contributed by atoms with Crippen molar-refractivity contribution in [3.8, 4) is 0 Å². The average molecular weight is 605 g/mol. The Hall–Kier alpha value is -3.43. The number of nitrogens with one attached hydrogen (secondary N) is 2. The van der Waals surface area contributed by atoms with E-state index in [2.05, 4.69) is 29.4 Å². The second-order valence-electron chi connectivity index (χ2n) is 12.4. The Morgan fingerprint density at radius 1 is 0.955 bits per heavy atom. The van der Waals surface area contributed by atoms with Gasteiger partial charge in [-0.25, -0.2) is 0 Å². The van der Waals surface area contributed by atoms with Crippen molar-refractivity contribution in [3.63, 3.8) is 0 Å². The van der Waals surface area contributed by atoms with Crippen LogP contribution < -0.4 is 15.5 Å². The predicted molar refractivity (Wildman–Crippen MR) is 171 cm³/mol. The number of carbonyl (C=O) groups excluding carboxylic acids is 3. The molecule has 238 valence electrons. The van der Waals surface area contributed by atoms with E-state index in [1.54, 1.807) is 4.90 Å². The summed E-state index contributed by atoms with van der Waals surface area (Å²) in [5.74, 6) is -2.01. The molecule has 44 heavy (non-hydrogen) atoms. The highest BCUT2D eigenvalue weighted by atomic mass is 16.5. The lowest BCUT2D eigenvalue weighted by atomic mass is 9.65. The lowest BCUT2D eigenvalue weighted by Gasteiger charge is -2.34. The zero-order chi connectivity index (χ0) is 31.3. The van der Waals surface area contributed by atoms with Crippen LogP contribution in [0, 0.1) is 11.8 Å². The predicted octanol–water partition coefficient (Wildman–Crippen LogP) is 4.50. The van der Waals surface area contributed by atoms with Crippen LogP contribution in [0.3, 0.4) is 0 Å². The summed E-state index contributed by atoms with van der Waals surface area (Å²) in [5, 5.41) is 15.4. The van der Waals surface area contributed by atoms with Gasteiger partial charge in [-0.15, -0.1) is 0 Å². The number of amides is 3. The van der Waals surface area contributed by atoms with E-state index in [9.17, 15) is 19.5 Å². The third-order valence-corrected chi connectivity index (χ3v) is 10.1. The number of ether oxygens (including phenoxy) is 1. The maximum atomic E-state index is 14.3. The molecule has 3 heterocycles. The van der Waals surface area contributed by atoms with Crippen LogP contribution in [-0.4, -0.2) is 71.2 Å². The number of aliphatic hydroxyl groups excluding tert-OH is 1. The molecule has 3 aliphatic rings. The molecule has 0 saturated carbocycles. The van der Waals surface area contributed by atoms with Gasteiger partial charge in [0.05, 0.1) is 17.4 Å². The number of carbonyl (C=O) groups is 3. The first-order chi connectivity index (χ1) is 21.3. The maximum absolute atomic E-state index is 14.3. The monoisotopic (exact) mass is 604 g/mol. The minimum Gasteiger partial charge on any atom is -0.396 e. The van der Waals surface area contributed by atoms with Gasteiger partial charge in [0.15, 0.2) is 0 Å². The Kier molecular flexibility index (Phi) is 9.95. The Bertz CT molecular complexity index is 1300.